The van der Waals surface area contributed by atoms with Crippen LogP contribution in [0.25, 0.3) is 0 Å². The number of fused-ring (bicyclic) bond motifs is 1. The Hall–Kier alpha value is -3.07. The predicted octanol–water partition coefficient (Wildman–Crippen LogP) is 5.89. The van der Waals surface area contributed by atoms with Crippen molar-refractivity contribution in [3.8, 4) is 5.75 Å². The highest BCUT2D eigenvalue weighted by Crippen LogP contribution is 2.48. The van der Waals surface area contributed by atoms with E-state index in [2.05, 4.69) is 12.2 Å². The normalized spacial score (nSPS) is 26.4. The SMILES string of the molecule is [2H][C@@H](OC(=O)[C@@](OC)(c1ccccc1)C(F)(F)F)c1c(OC)cc([C@H]2[C@@H]3CCCC[C@@H]3C=C[C@@H]2C)oc1=O. The summed E-state index contributed by atoms with van der Waals surface area (Å²) < 4.78 is 71.6. The first-order valence-corrected chi connectivity index (χ1v) is 12.3. The van der Waals surface area contributed by atoms with Gasteiger partial charge in [-0.05, 0) is 30.6 Å². The van der Waals surface area contributed by atoms with E-state index in [0.29, 0.717) is 11.7 Å². The molecule has 6 atom stereocenters. The molecule has 0 unspecified atom stereocenters. The number of esters is 1. The second-order valence-corrected chi connectivity index (χ2v) is 9.57. The van der Waals surface area contributed by atoms with Crippen LogP contribution in [0.2, 0.25) is 0 Å². The summed E-state index contributed by atoms with van der Waals surface area (Å²) in [6, 6.07) is 7.74. The van der Waals surface area contributed by atoms with E-state index in [9.17, 15) is 22.8 Å². The number of carbonyl (C=O) groups is 1. The van der Waals surface area contributed by atoms with Crippen molar-refractivity contribution in [3.63, 3.8) is 0 Å². The number of methoxy groups -OCH3 is 2. The molecule has 1 aromatic heterocycles. The molecule has 0 bridgehead atoms. The van der Waals surface area contributed by atoms with Crippen molar-refractivity contribution in [1.29, 1.82) is 0 Å². The van der Waals surface area contributed by atoms with Crippen LogP contribution >= 0.6 is 0 Å². The maximum absolute atomic E-state index is 14.2. The molecule has 0 spiro atoms. The zero-order valence-corrected chi connectivity index (χ0v) is 20.9. The molecule has 1 saturated carbocycles. The van der Waals surface area contributed by atoms with E-state index in [-0.39, 0.29) is 23.5 Å². The molecule has 2 aliphatic rings. The Balaban J connectivity index is 1.68. The molecule has 200 valence electrons. The fraction of sp³-hybridized carbons (Fsp3) is 0.500. The molecule has 0 N–H and O–H groups in total. The third-order valence-corrected chi connectivity index (χ3v) is 7.54. The molecule has 0 saturated heterocycles. The summed E-state index contributed by atoms with van der Waals surface area (Å²) >= 11 is 0. The van der Waals surface area contributed by atoms with Crippen LogP contribution in [0.1, 0.15) is 56.8 Å². The molecule has 6 nitrogen and oxygen atoms in total. The molecular formula is C28H31F3O6. The highest BCUT2D eigenvalue weighted by molar-refractivity contribution is 5.82. The van der Waals surface area contributed by atoms with Crippen LogP contribution in [0.4, 0.5) is 13.2 Å². The minimum Gasteiger partial charge on any atom is -0.496 e. The summed E-state index contributed by atoms with van der Waals surface area (Å²) in [6.45, 7) is -0.124. The van der Waals surface area contributed by atoms with E-state index in [0.717, 1.165) is 44.9 Å². The first kappa shape index (κ1) is 25.6. The topological polar surface area (TPSA) is 75.0 Å². The zero-order valence-electron chi connectivity index (χ0n) is 21.9. The van der Waals surface area contributed by atoms with E-state index in [1.807, 2.05) is 6.92 Å². The molecule has 0 radical (unpaired) electrons. The number of hydrogen-bond acceptors (Lipinski definition) is 6. The van der Waals surface area contributed by atoms with Gasteiger partial charge in [0.2, 0.25) is 0 Å². The molecule has 1 aromatic carbocycles. The van der Waals surface area contributed by atoms with Crippen LogP contribution in [0.5, 0.6) is 5.75 Å². The molecular weight excluding hydrogens is 489 g/mol. The minimum atomic E-state index is -5.22. The lowest BCUT2D eigenvalue weighted by molar-refractivity contribution is -0.277. The van der Waals surface area contributed by atoms with Crippen LogP contribution in [0.3, 0.4) is 0 Å². The Morgan fingerprint density at radius 1 is 1.14 bits per heavy atom. The summed E-state index contributed by atoms with van der Waals surface area (Å²) in [5, 5.41) is 0. The Morgan fingerprint density at radius 3 is 2.49 bits per heavy atom. The lowest BCUT2D eigenvalue weighted by Crippen LogP contribution is -2.51. The van der Waals surface area contributed by atoms with E-state index in [1.54, 1.807) is 0 Å². The Morgan fingerprint density at radius 2 is 1.84 bits per heavy atom. The van der Waals surface area contributed by atoms with E-state index in [4.69, 9.17) is 20.0 Å². The number of benzene rings is 1. The number of allylic oxidation sites excluding steroid dienone is 2. The smallest absolute Gasteiger partial charge is 0.432 e. The monoisotopic (exact) mass is 521 g/mol. The van der Waals surface area contributed by atoms with Crippen molar-refractivity contribution >= 4 is 5.97 Å². The van der Waals surface area contributed by atoms with E-state index >= 15 is 0 Å². The molecule has 2 aliphatic carbocycles. The lowest BCUT2D eigenvalue weighted by Gasteiger charge is -2.40. The van der Waals surface area contributed by atoms with E-state index in [1.165, 1.54) is 31.4 Å². The van der Waals surface area contributed by atoms with Gasteiger partial charge in [-0.15, -0.1) is 0 Å². The molecule has 0 aliphatic heterocycles. The molecule has 0 amide bonds. The van der Waals surface area contributed by atoms with Crippen LogP contribution < -0.4 is 10.4 Å². The van der Waals surface area contributed by atoms with Crippen LogP contribution in [-0.2, 0) is 26.5 Å². The van der Waals surface area contributed by atoms with Gasteiger partial charge in [0.25, 0.3) is 5.60 Å². The number of ether oxygens (including phenoxy) is 3. The van der Waals surface area contributed by atoms with Gasteiger partial charge in [-0.1, -0.05) is 62.2 Å². The highest BCUT2D eigenvalue weighted by atomic mass is 19.4. The van der Waals surface area contributed by atoms with Gasteiger partial charge >= 0.3 is 17.8 Å². The summed E-state index contributed by atoms with van der Waals surface area (Å²) in [5.41, 5.74) is -5.54. The summed E-state index contributed by atoms with van der Waals surface area (Å²) in [7, 11) is 1.99. The van der Waals surface area contributed by atoms with Crippen LogP contribution in [0, 0.1) is 17.8 Å². The fourth-order valence-electron chi connectivity index (χ4n) is 5.69. The van der Waals surface area contributed by atoms with Gasteiger partial charge < -0.3 is 18.6 Å². The average molecular weight is 522 g/mol. The number of rotatable bonds is 7. The van der Waals surface area contributed by atoms with Gasteiger partial charge in [0, 0.05) is 24.7 Å². The lowest BCUT2D eigenvalue weighted by atomic mass is 9.64. The summed E-state index contributed by atoms with van der Waals surface area (Å²) in [6.07, 6.45) is 3.35. The largest absolute Gasteiger partial charge is 0.496 e. The van der Waals surface area contributed by atoms with Gasteiger partial charge in [-0.2, -0.15) is 13.2 Å². The summed E-state index contributed by atoms with van der Waals surface area (Å²) in [5.74, 6) is -0.975. The minimum absolute atomic E-state index is 0.0812. The van der Waals surface area contributed by atoms with E-state index < -0.39 is 41.1 Å². The highest BCUT2D eigenvalue weighted by Gasteiger charge is 2.64. The second kappa shape index (κ2) is 10.7. The quantitative estimate of drug-likeness (QED) is 0.334. The van der Waals surface area contributed by atoms with Gasteiger partial charge in [0.05, 0.1) is 8.48 Å². The molecule has 9 heteroatoms. The van der Waals surface area contributed by atoms with Gasteiger partial charge in [-0.25, -0.2) is 9.59 Å². The summed E-state index contributed by atoms with van der Waals surface area (Å²) in [4.78, 5) is 26.1. The first-order valence-electron chi connectivity index (χ1n) is 12.8. The Kier molecular flexibility index (Phi) is 7.42. The second-order valence-electron chi connectivity index (χ2n) is 9.57. The van der Waals surface area contributed by atoms with Crippen molar-refractivity contribution < 1.29 is 38.0 Å². The van der Waals surface area contributed by atoms with Crippen LogP contribution in [-0.4, -0.2) is 26.4 Å². The number of hydrogen-bond donors (Lipinski definition) is 0. The predicted molar refractivity (Wildman–Crippen MR) is 129 cm³/mol. The zero-order chi connectivity index (χ0) is 27.7. The van der Waals surface area contributed by atoms with Gasteiger partial charge in [0.15, 0.2) is 0 Å². The van der Waals surface area contributed by atoms with Crippen molar-refractivity contribution in [2.45, 2.75) is 56.9 Å². The fourth-order valence-corrected chi connectivity index (χ4v) is 5.69. The number of carbonyl (C=O) groups excluding carboxylic acids is 1. The Labute approximate surface area is 214 Å². The molecule has 2 aromatic rings. The van der Waals surface area contributed by atoms with Crippen molar-refractivity contribution in [2.24, 2.45) is 17.8 Å². The third-order valence-electron chi connectivity index (χ3n) is 7.54. The van der Waals surface area contributed by atoms with Crippen molar-refractivity contribution in [2.75, 3.05) is 14.2 Å². The maximum Gasteiger partial charge on any atom is 0.432 e. The molecule has 1 fully saturated rings. The van der Waals surface area contributed by atoms with Gasteiger partial charge in [-0.3, -0.25) is 0 Å². The average Bonchev–Trinajstić information content (AvgIpc) is 2.88. The molecule has 1 heterocycles. The number of halogens is 3. The van der Waals surface area contributed by atoms with Crippen molar-refractivity contribution in [3.05, 3.63) is 75.9 Å². The number of alkyl halides is 3. The van der Waals surface area contributed by atoms with Crippen LogP contribution in [0.15, 0.2) is 57.8 Å². The third kappa shape index (κ3) is 4.93. The van der Waals surface area contributed by atoms with Crippen molar-refractivity contribution in [1.82, 2.24) is 0 Å². The first-order chi connectivity index (χ1) is 18.0. The molecule has 37 heavy (non-hydrogen) atoms. The maximum atomic E-state index is 14.2. The molecule has 4 rings (SSSR count). The standard InChI is InChI=1S/C28H31F3O6/c1-17-13-14-18-9-7-8-12-20(18)24(17)23-15-22(34-2)21(25(32)37-23)16-36-26(33)27(35-3,28(29,30)31)19-10-5-4-6-11-19/h4-6,10-11,13-15,17-18,20,24H,7-9,12,16H2,1-3H3/t17-,18+,20+,24+,27-/m0/s1/i16D/t16-,17+,18-,20-,24-,27+/m1. The van der Waals surface area contributed by atoms with Gasteiger partial charge in [0.1, 0.15) is 23.7 Å². The Bertz CT molecular complexity index is 1230.